The predicted molar refractivity (Wildman–Crippen MR) is 103 cm³/mol. The Morgan fingerprint density at radius 3 is 2.41 bits per heavy atom. The van der Waals surface area contributed by atoms with Crippen LogP contribution in [0, 0.1) is 0 Å². The lowest BCUT2D eigenvalue weighted by atomic mass is 10.1. The summed E-state index contributed by atoms with van der Waals surface area (Å²) in [7, 11) is 1.52. The molecule has 0 amide bonds. The zero-order valence-electron chi connectivity index (χ0n) is 17.3. The van der Waals surface area contributed by atoms with Gasteiger partial charge < -0.3 is 9.64 Å². The number of aryl methyl sites for hydroxylation is 1. The van der Waals surface area contributed by atoms with Crippen LogP contribution in [0.3, 0.4) is 0 Å². The second-order valence-electron chi connectivity index (χ2n) is 7.36. The summed E-state index contributed by atoms with van der Waals surface area (Å²) in [5.41, 5.74) is -0.761. The van der Waals surface area contributed by atoms with Gasteiger partial charge in [-0.15, -0.1) is 5.10 Å². The monoisotopic (exact) mass is 490 g/mol. The summed E-state index contributed by atoms with van der Waals surface area (Å²) in [6.45, 7) is 0.0879. The van der Waals surface area contributed by atoms with Crippen molar-refractivity contribution < 1.29 is 31.1 Å². The molecule has 1 aliphatic rings. The number of hydrogen-bond acceptors (Lipinski definition) is 8. The van der Waals surface area contributed by atoms with Crippen LogP contribution in [0.4, 0.5) is 32.0 Å². The third-order valence-electron chi connectivity index (χ3n) is 5.02. The average Bonchev–Trinajstić information content (AvgIpc) is 3.11. The van der Waals surface area contributed by atoms with Crippen molar-refractivity contribution in [3.05, 3.63) is 46.3 Å². The van der Waals surface area contributed by atoms with Crippen molar-refractivity contribution in [1.82, 2.24) is 34.7 Å². The molecule has 3 aromatic rings. The van der Waals surface area contributed by atoms with Crippen LogP contribution in [0.5, 0.6) is 0 Å². The molecular weight excluding hydrogens is 474 g/mol. The predicted octanol–water partition coefficient (Wildman–Crippen LogP) is 1.66. The molecule has 10 nitrogen and oxygen atoms in total. The Hall–Kier alpha value is -3.56. The van der Waals surface area contributed by atoms with E-state index in [9.17, 15) is 31.1 Å². The highest BCUT2D eigenvalue weighted by atomic mass is 19.4. The average molecular weight is 490 g/mol. The Morgan fingerprint density at radius 2 is 1.82 bits per heavy atom. The first kappa shape index (κ1) is 23.6. The second kappa shape index (κ2) is 9.00. The topological polar surface area (TPSA) is 104 Å². The van der Waals surface area contributed by atoms with Gasteiger partial charge in [0.25, 0.3) is 18.3 Å². The van der Waals surface area contributed by atoms with E-state index in [1.54, 1.807) is 4.90 Å². The van der Waals surface area contributed by atoms with Crippen LogP contribution in [-0.2, 0) is 24.5 Å². The Kier molecular flexibility index (Phi) is 6.24. The number of halogens is 6. The lowest BCUT2D eigenvalue weighted by Gasteiger charge is -2.40. The lowest BCUT2D eigenvalue weighted by Crippen LogP contribution is -2.54. The molecule has 1 saturated heterocycles. The first-order valence-corrected chi connectivity index (χ1v) is 9.71. The summed E-state index contributed by atoms with van der Waals surface area (Å²) in [6, 6.07) is 1.25. The number of alkyl halides is 6. The van der Waals surface area contributed by atoms with Crippen LogP contribution < -0.4 is 10.5 Å². The Labute approximate surface area is 186 Å². The molecule has 4 rings (SSSR count). The summed E-state index contributed by atoms with van der Waals surface area (Å²) < 4.78 is 82.6. The fourth-order valence-corrected chi connectivity index (χ4v) is 3.16. The highest BCUT2D eigenvalue weighted by Crippen LogP contribution is 2.29. The third-order valence-corrected chi connectivity index (χ3v) is 5.02. The lowest BCUT2D eigenvalue weighted by molar-refractivity contribution is -0.162. The van der Waals surface area contributed by atoms with Crippen LogP contribution in [0.1, 0.15) is 11.3 Å². The van der Waals surface area contributed by atoms with Crippen LogP contribution in [0.15, 0.2) is 29.5 Å². The molecule has 3 aromatic heterocycles. The Balaban J connectivity index is 1.47. The van der Waals surface area contributed by atoms with E-state index in [2.05, 4.69) is 30.1 Å². The van der Waals surface area contributed by atoms with E-state index in [4.69, 9.17) is 0 Å². The minimum Gasteiger partial charge on any atom is -0.365 e. The smallest absolute Gasteiger partial charge is 0.365 e. The quantitative estimate of drug-likeness (QED) is 0.461. The number of nitrogens with zero attached hydrogens (tertiary/aromatic N) is 8. The number of rotatable bonds is 7. The van der Waals surface area contributed by atoms with Gasteiger partial charge in [-0.1, -0.05) is 5.21 Å². The molecule has 1 aliphatic heterocycles. The van der Waals surface area contributed by atoms with Crippen LogP contribution in [0.2, 0.25) is 0 Å². The molecule has 0 spiro atoms. The van der Waals surface area contributed by atoms with Crippen molar-refractivity contribution in [2.24, 2.45) is 7.05 Å². The van der Waals surface area contributed by atoms with Gasteiger partial charge in [-0.3, -0.25) is 4.79 Å². The van der Waals surface area contributed by atoms with E-state index in [0.717, 1.165) is 4.68 Å². The second-order valence-corrected chi connectivity index (χ2v) is 7.36. The standard InChI is InChI=1S/C18H16F6N8O2/c1-30-12(14(28-29-30)17-25-3-9(4-26-17)18(22,23)24)8-32-13(33)2-10(5-27-32)31-6-11(7-31)34-16(21)15(19)20/h2-5,11,15-16H,6-8H2,1H3. The summed E-state index contributed by atoms with van der Waals surface area (Å²) in [5, 5.41) is 11.8. The maximum absolute atomic E-state index is 13.0. The van der Waals surface area contributed by atoms with Crippen molar-refractivity contribution in [1.29, 1.82) is 0 Å². The highest BCUT2D eigenvalue weighted by Gasteiger charge is 2.34. The zero-order valence-corrected chi connectivity index (χ0v) is 17.3. The first-order chi connectivity index (χ1) is 16.0. The van der Waals surface area contributed by atoms with Crippen molar-refractivity contribution in [2.45, 2.75) is 31.6 Å². The molecule has 1 unspecified atom stereocenters. The van der Waals surface area contributed by atoms with Gasteiger partial charge in [0.15, 0.2) is 11.5 Å². The van der Waals surface area contributed by atoms with Crippen LogP contribution >= 0.6 is 0 Å². The number of anilines is 1. The number of hydrogen-bond donors (Lipinski definition) is 0. The zero-order chi connectivity index (χ0) is 24.6. The molecule has 1 atom stereocenters. The van der Waals surface area contributed by atoms with Gasteiger partial charge in [-0.25, -0.2) is 32.5 Å². The van der Waals surface area contributed by atoms with E-state index in [0.29, 0.717) is 23.8 Å². The van der Waals surface area contributed by atoms with Gasteiger partial charge in [-0.2, -0.15) is 18.3 Å². The molecular formula is C18H16F6N8O2. The summed E-state index contributed by atoms with van der Waals surface area (Å²) in [4.78, 5) is 21.6. The van der Waals surface area contributed by atoms with E-state index in [1.807, 2.05) is 0 Å². The molecule has 34 heavy (non-hydrogen) atoms. The fraction of sp³-hybridized carbons (Fsp3) is 0.444. The van der Waals surface area contributed by atoms with Gasteiger partial charge in [0.2, 0.25) is 0 Å². The van der Waals surface area contributed by atoms with Gasteiger partial charge in [-0.05, 0) is 0 Å². The van der Waals surface area contributed by atoms with Crippen LogP contribution in [0.25, 0.3) is 11.5 Å². The molecule has 16 heteroatoms. The molecule has 1 fully saturated rings. The van der Waals surface area contributed by atoms with E-state index in [1.165, 1.54) is 24.0 Å². The van der Waals surface area contributed by atoms with Crippen molar-refractivity contribution in [2.75, 3.05) is 18.0 Å². The van der Waals surface area contributed by atoms with Gasteiger partial charge in [0, 0.05) is 38.6 Å². The third kappa shape index (κ3) is 4.85. The normalized spacial score (nSPS) is 15.6. The number of ether oxygens (including phenoxy) is 1. The SMILES string of the molecule is Cn1nnc(-c2ncc(C(F)(F)F)cn2)c1Cn1ncc(N2CC(OC(F)C(F)F)C2)cc1=O. The Morgan fingerprint density at radius 1 is 1.15 bits per heavy atom. The maximum atomic E-state index is 13.0. The van der Waals surface area contributed by atoms with Gasteiger partial charge in [0.05, 0.1) is 35.8 Å². The van der Waals surface area contributed by atoms with E-state index >= 15 is 0 Å². The molecule has 0 aromatic carbocycles. The van der Waals surface area contributed by atoms with Gasteiger partial charge in [0.1, 0.15) is 0 Å². The maximum Gasteiger partial charge on any atom is 0.419 e. The molecule has 0 bridgehead atoms. The van der Waals surface area contributed by atoms with E-state index < -0.39 is 36.2 Å². The van der Waals surface area contributed by atoms with E-state index in [-0.39, 0.29) is 31.2 Å². The minimum atomic E-state index is -4.60. The molecule has 0 N–H and O–H groups in total. The Bertz CT molecular complexity index is 1210. The molecule has 0 aliphatic carbocycles. The fourth-order valence-electron chi connectivity index (χ4n) is 3.16. The van der Waals surface area contributed by atoms with Crippen molar-refractivity contribution in [3.8, 4) is 11.5 Å². The largest absolute Gasteiger partial charge is 0.419 e. The summed E-state index contributed by atoms with van der Waals surface area (Å²) in [5.74, 6) is -0.109. The molecule has 4 heterocycles. The van der Waals surface area contributed by atoms with Crippen molar-refractivity contribution >= 4 is 5.69 Å². The minimum absolute atomic E-state index is 0.0801. The van der Waals surface area contributed by atoms with Crippen molar-refractivity contribution in [3.63, 3.8) is 0 Å². The highest BCUT2D eigenvalue weighted by molar-refractivity contribution is 5.52. The summed E-state index contributed by atoms with van der Waals surface area (Å²) in [6.07, 6.45) is -8.64. The van der Waals surface area contributed by atoms with Crippen LogP contribution in [-0.4, -0.2) is 66.7 Å². The molecule has 0 radical (unpaired) electrons. The van der Waals surface area contributed by atoms with Gasteiger partial charge >= 0.3 is 6.18 Å². The molecule has 0 saturated carbocycles. The summed E-state index contributed by atoms with van der Waals surface area (Å²) >= 11 is 0. The first-order valence-electron chi connectivity index (χ1n) is 9.71. The molecule has 182 valence electrons. The number of aromatic nitrogens is 7.